The van der Waals surface area contributed by atoms with Crippen LogP contribution in [0.25, 0.3) is 0 Å². The zero-order valence-corrected chi connectivity index (χ0v) is 13.1. The molecule has 0 heterocycles. The number of nitrogens with one attached hydrogen (secondary N) is 1. The lowest BCUT2D eigenvalue weighted by molar-refractivity contribution is 0.0926. The molecular weight excluding hydrogens is 288 g/mol. The number of carbonyl (C=O) groups excluding carboxylic acids is 2. The van der Waals surface area contributed by atoms with Crippen molar-refractivity contribution in [2.24, 2.45) is 11.7 Å². The monoisotopic (exact) mass is 310 g/mol. The first-order valence-electron chi connectivity index (χ1n) is 7.30. The zero-order chi connectivity index (χ0) is 14.5. The number of hydrogen-bond acceptors (Lipinski definition) is 3. The van der Waals surface area contributed by atoms with E-state index in [2.05, 4.69) is 5.32 Å². The fourth-order valence-electron chi connectivity index (χ4n) is 2.77. The summed E-state index contributed by atoms with van der Waals surface area (Å²) < 4.78 is 0. The summed E-state index contributed by atoms with van der Waals surface area (Å²) in [4.78, 5) is 23.7. The molecule has 21 heavy (non-hydrogen) atoms. The van der Waals surface area contributed by atoms with Crippen LogP contribution in [0.5, 0.6) is 0 Å². The second-order valence-corrected chi connectivity index (χ2v) is 5.36. The van der Waals surface area contributed by atoms with E-state index in [-0.39, 0.29) is 30.1 Å². The van der Waals surface area contributed by atoms with Gasteiger partial charge >= 0.3 is 0 Å². The van der Waals surface area contributed by atoms with Crippen molar-refractivity contribution >= 4 is 24.1 Å². The van der Waals surface area contributed by atoms with Gasteiger partial charge in [-0.2, -0.15) is 0 Å². The van der Waals surface area contributed by atoms with Crippen molar-refractivity contribution in [3.63, 3.8) is 0 Å². The van der Waals surface area contributed by atoms with Crippen LogP contribution in [0.15, 0.2) is 24.3 Å². The normalized spacial score (nSPS) is 20.7. The van der Waals surface area contributed by atoms with Crippen LogP contribution in [0.2, 0.25) is 0 Å². The molecule has 2 rings (SSSR count). The summed E-state index contributed by atoms with van der Waals surface area (Å²) in [6, 6.07) is 7.05. The molecule has 0 saturated heterocycles. The number of halogens is 1. The van der Waals surface area contributed by atoms with Gasteiger partial charge in [0.15, 0.2) is 5.78 Å². The Labute approximate surface area is 131 Å². The highest BCUT2D eigenvalue weighted by atomic mass is 35.5. The second kappa shape index (κ2) is 8.15. The van der Waals surface area contributed by atoms with E-state index in [1.807, 2.05) is 6.92 Å². The molecule has 1 aliphatic carbocycles. The molecule has 2 unspecified atom stereocenters. The van der Waals surface area contributed by atoms with Crippen molar-refractivity contribution in [1.29, 1.82) is 0 Å². The lowest BCUT2D eigenvalue weighted by Crippen LogP contribution is -2.39. The molecule has 0 aromatic heterocycles. The second-order valence-electron chi connectivity index (χ2n) is 5.36. The third kappa shape index (κ3) is 4.29. The van der Waals surface area contributed by atoms with E-state index in [1.54, 1.807) is 24.3 Å². The van der Waals surface area contributed by atoms with E-state index in [4.69, 9.17) is 5.73 Å². The molecule has 5 heteroatoms. The molecule has 116 valence electrons. The Hall–Kier alpha value is -1.39. The summed E-state index contributed by atoms with van der Waals surface area (Å²) in [5.41, 5.74) is 6.97. The minimum absolute atomic E-state index is 0. The minimum Gasteiger partial charge on any atom is -0.349 e. The molecule has 0 radical (unpaired) electrons. The molecule has 1 amide bonds. The van der Waals surface area contributed by atoms with Crippen LogP contribution in [-0.2, 0) is 0 Å². The predicted molar refractivity (Wildman–Crippen MR) is 86.0 cm³/mol. The van der Waals surface area contributed by atoms with E-state index in [1.165, 1.54) is 0 Å². The molecule has 4 nitrogen and oxygen atoms in total. The number of ketones is 1. The van der Waals surface area contributed by atoms with Crippen molar-refractivity contribution in [2.45, 2.75) is 38.6 Å². The van der Waals surface area contributed by atoms with Crippen LogP contribution < -0.4 is 11.1 Å². The van der Waals surface area contributed by atoms with E-state index in [0.717, 1.165) is 19.3 Å². The molecule has 0 aliphatic heterocycles. The summed E-state index contributed by atoms with van der Waals surface area (Å²) in [6.07, 6.45) is 3.69. The highest BCUT2D eigenvalue weighted by Crippen LogP contribution is 2.24. The molecular formula is C16H23ClN2O2. The van der Waals surface area contributed by atoms with Gasteiger partial charge in [-0.25, -0.2) is 0 Å². The highest BCUT2D eigenvalue weighted by Gasteiger charge is 2.27. The van der Waals surface area contributed by atoms with Gasteiger partial charge in [0.05, 0.1) is 0 Å². The zero-order valence-electron chi connectivity index (χ0n) is 12.3. The Balaban J connectivity index is 0.00000220. The Morgan fingerprint density at radius 1 is 1.19 bits per heavy atom. The maximum Gasteiger partial charge on any atom is 0.251 e. The average molecular weight is 311 g/mol. The molecule has 2 atom stereocenters. The molecule has 3 N–H and O–H groups in total. The van der Waals surface area contributed by atoms with E-state index >= 15 is 0 Å². The number of nitrogens with two attached hydrogens (primary N) is 1. The van der Waals surface area contributed by atoms with Gasteiger partial charge < -0.3 is 11.1 Å². The van der Waals surface area contributed by atoms with Crippen LogP contribution in [-0.4, -0.2) is 24.3 Å². The summed E-state index contributed by atoms with van der Waals surface area (Å²) in [5, 5.41) is 3.05. The Kier molecular flexibility index (Phi) is 6.85. The molecule has 0 bridgehead atoms. The maximum atomic E-state index is 12.2. The van der Waals surface area contributed by atoms with Crippen LogP contribution in [0.3, 0.4) is 0 Å². The van der Waals surface area contributed by atoms with Crippen molar-refractivity contribution in [2.75, 3.05) is 6.54 Å². The first kappa shape index (κ1) is 17.7. The van der Waals surface area contributed by atoms with Gasteiger partial charge in [-0.3, -0.25) is 9.59 Å². The van der Waals surface area contributed by atoms with Gasteiger partial charge in [0, 0.05) is 23.6 Å². The lowest BCUT2D eigenvalue weighted by Gasteiger charge is -2.19. The van der Waals surface area contributed by atoms with Crippen LogP contribution in [0.4, 0.5) is 0 Å². The number of carbonyl (C=O) groups is 2. The van der Waals surface area contributed by atoms with Gasteiger partial charge in [-0.1, -0.05) is 25.5 Å². The van der Waals surface area contributed by atoms with Crippen molar-refractivity contribution in [1.82, 2.24) is 5.32 Å². The molecule has 1 fully saturated rings. The van der Waals surface area contributed by atoms with E-state index < -0.39 is 0 Å². The van der Waals surface area contributed by atoms with Crippen LogP contribution >= 0.6 is 12.4 Å². The third-order valence-corrected chi connectivity index (χ3v) is 4.07. The Morgan fingerprint density at radius 3 is 2.38 bits per heavy atom. The van der Waals surface area contributed by atoms with Gasteiger partial charge in [0.2, 0.25) is 0 Å². The molecule has 1 aromatic carbocycles. The highest BCUT2D eigenvalue weighted by molar-refractivity contribution is 5.98. The van der Waals surface area contributed by atoms with Crippen molar-refractivity contribution in [3.05, 3.63) is 35.4 Å². The van der Waals surface area contributed by atoms with Gasteiger partial charge in [-0.05, 0) is 37.4 Å². The van der Waals surface area contributed by atoms with Gasteiger partial charge in [-0.15, -0.1) is 12.4 Å². The van der Waals surface area contributed by atoms with Crippen LogP contribution in [0, 0.1) is 5.92 Å². The molecule has 0 spiro atoms. The Bertz CT molecular complexity index is 488. The fourth-order valence-corrected chi connectivity index (χ4v) is 2.77. The van der Waals surface area contributed by atoms with Gasteiger partial charge in [0.25, 0.3) is 5.91 Å². The first-order chi connectivity index (χ1) is 9.65. The average Bonchev–Trinajstić information content (AvgIpc) is 2.93. The van der Waals surface area contributed by atoms with Crippen LogP contribution in [0.1, 0.15) is 53.3 Å². The number of Topliss-reactive ketones (excluding diaryl/α,β-unsaturated/α-hetero) is 1. The largest absolute Gasteiger partial charge is 0.349 e. The summed E-state index contributed by atoms with van der Waals surface area (Å²) >= 11 is 0. The molecule has 1 aliphatic rings. The SMILES string of the molecule is CCC(=O)c1ccc(C(=O)NC2CCCC2CN)cc1.Cl. The third-order valence-electron chi connectivity index (χ3n) is 4.07. The topological polar surface area (TPSA) is 72.2 Å². The minimum atomic E-state index is -0.0779. The lowest BCUT2D eigenvalue weighted by atomic mass is 10.0. The number of amides is 1. The van der Waals surface area contributed by atoms with E-state index in [9.17, 15) is 9.59 Å². The molecule has 1 saturated carbocycles. The Morgan fingerprint density at radius 2 is 1.81 bits per heavy atom. The molecule has 1 aromatic rings. The summed E-state index contributed by atoms with van der Waals surface area (Å²) in [7, 11) is 0. The smallest absolute Gasteiger partial charge is 0.251 e. The van der Waals surface area contributed by atoms with Gasteiger partial charge in [0.1, 0.15) is 0 Å². The number of rotatable bonds is 5. The quantitative estimate of drug-likeness (QED) is 0.821. The van der Waals surface area contributed by atoms with E-state index in [0.29, 0.717) is 30.0 Å². The standard InChI is InChI=1S/C16H22N2O2.ClH/c1-2-15(19)11-6-8-12(9-7-11)16(20)18-14-5-3-4-13(14)10-17;/h6-9,13-14H,2-5,10,17H2,1H3,(H,18,20);1H. The van der Waals surface area contributed by atoms with Crippen molar-refractivity contribution < 1.29 is 9.59 Å². The first-order valence-corrected chi connectivity index (χ1v) is 7.30. The summed E-state index contributed by atoms with van der Waals surface area (Å²) in [5.74, 6) is 0.404. The fraction of sp³-hybridized carbons (Fsp3) is 0.500. The number of hydrogen-bond donors (Lipinski definition) is 2. The number of benzene rings is 1. The van der Waals surface area contributed by atoms with Crippen molar-refractivity contribution in [3.8, 4) is 0 Å². The summed E-state index contributed by atoms with van der Waals surface area (Å²) in [6.45, 7) is 2.45. The maximum absolute atomic E-state index is 12.2. The predicted octanol–water partition coefficient (Wildman–Crippen LogP) is 2.56.